The summed E-state index contributed by atoms with van der Waals surface area (Å²) in [5, 5.41) is 9.45. The van der Waals surface area contributed by atoms with Gasteiger partial charge < -0.3 is 5.32 Å². The molecule has 1 heterocycles. The van der Waals surface area contributed by atoms with Crippen LogP contribution in [0, 0.1) is 0 Å². The zero-order chi connectivity index (χ0) is 17.6. The van der Waals surface area contributed by atoms with Gasteiger partial charge in [-0.15, -0.1) is 5.10 Å². The van der Waals surface area contributed by atoms with Gasteiger partial charge in [-0.1, -0.05) is 60.3 Å². The van der Waals surface area contributed by atoms with Gasteiger partial charge in [0, 0.05) is 5.69 Å². The van der Waals surface area contributed by atoms with Gasteiger partial charge in [0.15, 0.2) is 5.16 Å². The molecular weight excluding hydrogens is 336 g/mol. The predicted molar refractivity (Wildman–Crippen MR) is 98.8 cm³/mol. The van der Waals surface area contributed by atoms with Gasteiger partial charge in [-0.3, -0.25) is 9.36 Å². The summed E-state index contributed by atoms with van der Waals surface area (Å²) in [4.78, 5) is 24.4. The Kier molecular flexibility index (Phi) is 5.35. The lowest BCUT2D eigenvalue weighted by atomic mass is 10.2. The third-order valence-electron chi connectivity index (χ3n) is 3.60. The molecule has 2 aromatic carbocycles. The van der Waals surface area contributed by atoms with Gasteiger partial charge in [-0.2, -0.15) is 0 Å². The highest BCUT2D eigenvalue weighted by Crippen LogP contribution is 2.22. The predicted octanol–water partition coefficient (Wildman–Crippen LogP) is 2.74. The number of para-hydroxylation sites is 1. The first-order valence-corrected chi connectivity index (χ1v) is 8.73. The molecule has 0 unspecified atom stereocenters. The molecule has 3 aromatic rings. The summed E-state index contributed by atoms with van der Waals surface area (Å²) in [6, 6.07) is 18.9. The maximum atomic E-state index is 12.3. The van der Waals surface area contributed by atoms with E-state index in [0.29, 0.717) is 11.7 Å². The minimum atomic E-state index is -0.398. The molecule has 0 radical (unpaired) electrons. The molecule has 0 fully saturated rings. The average Bonchev–Trinajstić information content (AvgIpc) is 2.97. The van der Waals surface area contributed by atoms with E-state index in [1.165, 1.54) is 16.3 Å². The fourth-order valence-electron chi connectivity index (χ4n) is 2.28. The van der Waals surface area contributed by atoms with E-state index in [1.54, 1.807) is 6.92 Å². The van der Waals surface area contributed by atoms with Crippen LogP contribution in [0.4, 0.5) is 5.69 Å². The maximum Gasteiger partial charge on any atom is 0.344 e. The third kappa shape index (κ3) is 4.39. The fourth-order valence-corrected chi connectivity index (χ4v) is 3.13. The molecule has 0 aliphatic rings. The van der Waals surface area contributed by atoms with Crippen LogP contribution in [-0.4, -0.2) is 25.9 Å². The van der Waals surface area contributed by atoms with Gasteiger partial charge in [0.05, 0.1) is 11.8 Å². The number of carbonyl (C=O) groups excluding carboxylic acids is 1. The Labute approximate surface area is 149 Å². The number of nitrogens with one attached hydrogen (secondary N) is 2. The van der Waals surface area contributed by atoms with Crippen molar-refractivity contribution in [2.24, 2.45) is 0 Å². The largest absolute Gasteiger partial charge is 0.344 e. The number of thioether (sulfide) groups is 1. The molecule has 25 heavy (non-hydrogen) atoms. The number of H-pyrrole nitrogens is 1. The Morgan fingerprint density at radius 3 is 2.48 bits per heavy atom. The van der Waals surface area contributed by atoms with Gasteiger partial charge in [0.2, 0.25) is 5.91 Å². The molecule has 0 saturated heterocycles. The average molecular weight is 354 g/mol. The summed E-state index contributed by atoms with van der Waals surface area (Å²) in [6.45, 7) is 2.19. The van der Waals surface area contributed by atoms with Crippen molar-refractivity contribution in [3.8, 4) is 0 Å². The molecule has 1 atom stereocenters. The number of nitrogens with zero attached hydrogens (tertiary/aromatic N) is 2. The second-order valence-electron chi connectivity index (χ2n) is 5.50. The van der Waals surface area contributed by atoms with Crippen LogP contribution in [0.25, 0.3) is 0 Å². The van der Waals surface area contributed by atoms with Gasteiger partial charge in [-0.05, 0) is 24.6 Å². The van der Waals surface area contributed by atoms with Crippen LogP contribution in [0.15, 0.2) is 70.6 Å². The van der Waals surface area contributed by atoms with Crippen molar-refractivity contribution in [3.63, 3.8) is 0 Å². The monoisotopic (exact) mass is 354 g/mol. The lowest BCUT2D eigenvalue weighted by Crippen LogP contribution is -2.24. The molecule has 7 heteroatoms. The Morgan fingerprint density at radius 1 is 1.16 bits per heavy atom. The highest BCUT2D eigenvalue weighted by molar-refractivity contribution is 8.00. The van der Waals surface area contributed by atoms with Crippen LogP contribution in [0.3, 0.4) is 0 Å². The topological polar surface area (TPSA) is 79.8 Å². The van der Waals surface area contributed by atoms with E-state index in [0.717, 1.165) is 11.3 Å². The number of benzene rings is 2. The van der Waals surface area contributed by atoms with Crippen LogP contribution >= 0.6 is 11.8 Å². The molecule has 1 aromatic heterocycles. The summed E-state index contributed by atoms with van der Waals surface area (Å²) in [6.07, 6.45) is 0. The number of hydrogen-bond donors (Lipinski definition) is 2. The molecule has 0 saturated carbocycles. The Morgan fingerprint density at radius 2 is 1.80 bits per heavy atom. The minimum Gasteiger partial charge on any atom is -0.325 e. The summed E-state index contributed by atoms with van der Waals surface area (Å²) >= 11 is 1.25. The van der Waals surface area contributed by atoms with Crippen LogP contribution in [-0.2, 0) is 11.3 Å². The summed E-state index contributed by atoms with van der Waals surface area (Å²) < 4.78 is 1.53. The van der Waals surface area contributed by atoms with E-state index in [1.807, 2.05) is 60.7 Å². The summed E-state index contributed by atoms with van der Waals surface area (Å²) in [5.74, 6) is -0.141. The molecule has 128 valence electrons. The second kappa shape index (κ2) is 7.85. The molecule has 2 N–H and O–H groups in total. The van der Waals surface area contributed by atoms with Crippen LogP contribution in [0.1, 0.15) is 12.5 Å². The van der Waals surface area contributed by atoms with E-state index in [2.05, 4.69) is 15.5 Å². The molecule has 0 spiro atoms. The van der Waals surface area contributed by atoms with Crippen molar-refractivity contribution in [2.75, 3.05) is 5.32 Å². The lowest BCUT2D eigenvalue weighted by Gasteiger charge is -2.12. The number of carbonyl (C=O) groups is 1. The molecule has 0 aliphatic heterocycles. The van der Waals surface area contributed by atoms with Gasteiger partial charge >= 0.3 is 5.69 Å². The van der Waals surface area contributed by atoms with Crippen molar-refractivity contribution in [3.05, 3.63) is 76.7 Å². The molecule has 6 nitrogen and oxygen atoms in total. The molecular formula is C18H18N4O2S. The zero-order valence-electron chi connectivity index (χ0n) is 13.7. The quantitative estimate of drug-likeness (QED) is 0.667. The van der Waals surface area contributed by atoms with Crippen molar-refractivity contribution >= 4 is 23.4 Å². The van der Waals surface area contributed by atoms with Crippen molar-refractivity contribution in [2.45, 2.75) is 23.9 Å². The van der Waals surface area contributed by atoms with E-state index in [4.69, 9.17) is 0 Å². The fraction of sp³-hybridized carbons (Fsp3) is 0.167. The Bertz CT molecular complexity index is 890. The third-order valence-corrected chi connectivity index (χ3v) is 4.69. The Balaban J connectivity index is 1.70. The van der Waals surface area contributed by atoms with Crippen molar-refractivity contribution in [1.82, 2.24) is 14.8 Å². The standard InChI is InChI=1S/C18H18N4O2S/c1-13(16(23)19-15-10-6-3-7-11-15)25-18-21-20-17(24)22(18)12-14-8-4-2-5-9-14/h2-11,13H,12H2,1H3,(H,19,23)(H,20,24)/t13-/m0/s1. The van der Waals surface area contributed by atoms with E-state index < -0.39 is 5.25 Å². The first kappa shape index (κ1) is 17.0. The maximum absolute atomic E-state index is 12.3. The van der Waals surface area contributed by atoms with E-state index in [-0.39, 0.29) is 11.6 Å². The Hall–Kier alpha value is -2.80. The molecule has 0 aliphatic carbocycles. The van der Waals surface area contributed by atoms with E-state index in [9.17, 15) is 9.59 Å². The lowest BCUT2D eigenvalue weighted by molar-refractivity contribution is -0.115. The number of hydrogen-bond acceptors (Lipinski definition) is 4. The molecule has 1 amide bonds. The minimum absolute atomic E-state index is 0.141. The van der Waals surface area contributed by atoms with Crippen molar-refractivity contribution in [1.29, 1.82) is 0 Å². The van der Waals surface area contributed by atoms with Gasteiger partial charge in [0.25, 0.3) is 0 Å². The first-order valence-electron chi connectivity index (χ1n) is 7.85. The summed E-state index contributed by atoms with van der Waals surface area (Å²) in [7, 11) is 0. The van der Waals surface area contributed by atoms with Gasteiger partial charge in [-0.25, -0.2) is 9.89 Å². The van der Waals surface area contributed by atoms with Crippen LogP contribution in [0.5, 0.6) is 0 Å². The zero-order valence-corrected chi connectivity index (χ0v) is 14.5. The number of aromatic nitrogens is 3. The number of rotatable bonds is 6. The highest BCUT2D eigenvalue weighted by atomic mass is 32.2. The smallest absolute Gasteiger partial charge is 0.325 e. The van der Waals surface area contributed by atoms with Crippen molar-refractivity contribution < 1.29 is 4.79 Å². The highest BCUT2D eigenvalue weighted by Gasteiger charge is 2.19. The number of anilines is 1. The molecule has 3 rings (SSSR count). The van der Waals surface area contributed by atoms with Crippen LogP contribution in [0.2, 0.25) is 0 Å². The molecule has 0 bridgehead atoms. The van der Waals surface area contributed by atoms with Crippen LogP contribution < -0.4 is 11.0 Å². The second-order valence-corrected chi connectivity index (χ2v) is 6.81. The van der Waals surface area contributed by atoms with E-state index >= 15 is 0 Å². The SMILES string of the molecule is C[C@H](Sc1n[nH]c(=O)n1Cc1ccccc1)C(=O)Nc1ccccc1. The van der Waals surface area contributed by atoms with Gasteiger partial charge in [0.1, 0.15) is 0 Å². The number of amides is 1. The summed E-state index contributed by atoms with van der Waals surface area (Å²) in [5.41, 5.74) is 1.44. The number of aromatic amines is 1. The normalized spacial score (nSPS) is 11.9. The first-order chi connectivity index (χ1) is 12.1.